The van der Waals surface area contributed by atoms with Gasteiger partial charge in [-0.25, -0.2) is 0 Å². The van der Waals surface area contributed by atoms with Gasteiger partial charge in [0, 0.05) is 24.4 Å². The van der Waals surface area contributed by atoms with Crippen LogP contribution in [-0.4, -0.2) is 96.2 Å². The summed E-state index contributed by atoms with van der Waals surface area (Å²) in [7, 11) is 4.11. The van der Waals surface area contributed by atoms with E-state index in [4.69, 9.17) is 14.2 Å². The van der Waals surface area contributed by atoms with E-state index in [1.54, 1.807) is 20.8 Å². The van der Waals surface area contributed by atoms with Crippen molar-refractivity contribution in [2.45, 2.75) is 129 Å². The smallest absolute Gasteiger partial charge is 0.311 e. The maximum atomic E-state index is 13.2. The molecule has 0 aromatic heterocycles. The van der Waals surface area contributed by atoms with Crippen LogP contribution in [0.1, 0.15) is 74.7 Å². The van der Waals surface area contributed by atoms with Gasteiger partial charge in [0.2, 0.25) is 0 Å². The number of rotatable bonds is 5. The Hall–Kier alpha value is -1.17. The van der Waals surface area contributed by atoms with Crippen LogP contribution < -0.4 is 5.32 Å². The standard InChI is InChI=1S/C28H53N3O7/c1-11-22-28(8,34)26(30-35)20(7)29-14-15(2)17(4)25(18(5)24(32)19(6)27(33)37-22)38-23-13-21(31(9)10)12-16(3)36-23/h15-26,29,32,34H,11-14H2,1-10H3/t15-,16?,17?,18?,19?,20+,21?,22?,23?,24?,25-,26+,28+/m0/s1. The van der Waals surface area contributed by atoms with E-state index in [0.29, 0.717) is 25.4 Å². The van der Waals surface area contributed by atoms with Gasteiger partial charge in [-0.1, -0.05) is 32.9 Å². The summed E-state index contributed by atoms with van der Waals surface area (Å²) in [5.41, 5.74) is -1.68. The maximum Gasteiger partial charge on any atom is 0.311 e. The lowest BCUT2D eigenvalue weighted by Crippen LogP contribution is -2.58. The number of carbonyl (C=O) groups is 1. The Balaban J connectivity index is 2.41. The van der Waals surface area contributed by atoms with Crippen LogP contribution in [0.2, 0.25) is 0 Å². The lowest BCUT2D eigenvalue weighted by atomic mass is 9.78. The van der Waals surface area contributed by atoms with Gasteiger partial charge in [-0.15, -0.1) is 0 Å². The highest BCUT2D eigenvalue weighted by Crippen LogP contribution is 2.34. The van der Waals surface area contributed by atoms with Crippen molar-refractivity contribution in [1.29, 1.82) is 0 Å². The molecule has 2 aliphatic rings. The molecule has 10 nitrogen and oxygen atoms in total. The van der Waals surface area contributed by atoms with E-state index in [0.717, 1.165) is 6.42 Å². The van der Waals surface area contributed by atoms with E-state index < -0.39 is 60.1 Å². The van der Waals surface area contributed by atoms with Gasteiger partial charge in [-0.2, -0.15) is 4.91 Å². The third-order valence-corrected chi connectivity index (χ3v) is 9.08. The molecule has 38 heavy (non-hydrogen) atoms. The number of aliphatic hydroxyl groups is 2. The van der Waals surface area contributed by atoms with Crippen LogP contribution in [0.5, 0.6) is 0 Å². The van der Waals surface area contributed by atoms with Crippen molar-refractivity contribution >= 4 is 5.97 Å². The summed E-state index contributed by atoms with van der Waals surface area (Å²) in [6.45, 7) is 15.4. The van der Waals surface area contributed by atoms with Gasteiger partial charge in [0.15, 0.2) is 6.29 Å². The highest BCUT2D eigenvalue weighted by molar-refractivity contribution is 5.73. The summed E-state index contributed by atoms with van der Waals surface area (Å²) >= 11 is 0. The first-order chi connectivity index (χ1) is 17.6. The Bertz CT molecular complexity index is 767. The van der Waals surface area contributed by atoms with Crippen molar-refractivity contribution in [1.82, 2.24) is 10.2 Å². The summed E-state index contributed by atoms with van der Waals surface area (Å²) in [5.74, 6) is -1.86. The molecule has 0 saturated carbocycles. The summed E-state index contributed by atoms with van der Waals surface area (Å²) in [4.78, 5) is 27.3. The second-order valence-corrected chi connectivity index (χ2v) is 12.3. The van der Waals surface area contributed by atoms with Gasteiger partial charge in [0.05, 0.1) is 24.2 Å². The van der Waals surface area contributed by atoms with Crippen molar-refractivity contribution in [2.24, 2.45) is 28.8 Å². The second-order valence-electron chi connectivity index (χ2n) is 12.3. The molecule has 0 bridgehead atoms. The van der Waals surface area contributed by atoms with Crippen LogP contribution in [0, 0.1) is 28.6 Å². The number of nitroso groups, excluding NO2 is 1. The third-order valence-electron chi connectivity index (χ3n) is 9.08. The minimum atomic E-state index is -1.68. The molecule has 3 N–H and O–H groups in total. The quantitative estimate of drug-likeness (QED) is 0.354. The fourth-order valence-electron chi connectivity index (χ4n) is 6.02. The number of hydrogen-bond donors (Lipinski definition) is 3. The van der Waals surface area contributed by atoms with E-state index in [9.17, 15) is 19.9 Å². The van der Waals surface area contributed by atoms with Crippen LogP contribution in [-0.2, 0) is 19.0 Å². The molecule has 0 spiro atoms. The van der Waals surface area contributed by atoms with Crippen molar-refractivity contribution in [3.8, 4) is 0 Å². The average molecular weight is 544 g/mol. The lowest BCUT2D eigenvalue weighted by Gasteiger charge is -2.43. The molecule has 0 amide bonds. The molecule has 2 aliphatic heterocycles. The zero-order chi connectivity index (χ0) is 28.9. The third kappa shape index (κ3) is 7.73. The molecule has 0 aromatic carbocycles. The van der Waals surface area contributed by atoms with Crippen LogP contribution >= 0.6 is 0 Å². The zero-order valence-corrected chi connectivity index (χ0v) is 25.1. The molecule has 2 saturated heterocycles. The maximum absolute atomic E-state index is 13.2. The van der Waals surface area contributed by atoms with Crippen LogP contribution in [0.3, 0.4) is 0 Å². The summed E-state index contributed by atoms with van der Waals surface area (Å²) in [6, 6.07) is -1.19. The Labute approximate surface area is 229 Å². The largest absolute Gasteiger partial charge is 0.459 e. The SMILES string of the molecule is CCC1OC(=O)C(C)C(O)C(C)[C@@H](OC2CC(N(C)C)CC(C)O2)C(C)[C@@H](C)CN[C@H](C)[C@@H](N=O)[C@]1(C)O. The van der Waals surface area contributed by atoms with Crippen LogP contribution in [0.4, 0.5) is 0 Å². The highest BCUT2D eigenvalue weighted by atomic mass is 16.7. The number of nitrogens with one attached hydrogen (secondary N) is 1. The zero-order valence-electron chi connectivity index (χ0n) is 25.1. The number of nitrogens with zero attached hydrogens (tertiary/aromatic N) is 2. The Morgan fingerprint density at radius 2 is 1.76 bits per heavy atom. The summed E-state index contributed by atoms with van der Waals surface area (Å²) in [5, 5.41) is 29.3. The van der Waals surface area contributed by atoms with E-state index in [2.05, 4.69) is 43.3 Å². The Morgan fingerprint density at radius 1 is 1.13 bits per heavy atom. The molecule has 2 fully saturated rings. The van der Waals surface area contributed by atoms with E-state index >= 15 is 0 Å². The van der Waals surface area contributed by atoms with Gasteiger partial charge in [-0.05, 0) is 73.0 Å². The molecule has 0 radical (unpaired) electrons. The first kappa shape index (κ1) is 33.0. The van der Waals surface area contributed by atoms with Crippen molar-refractivity contribution in [3.05, 3.63) is 4.91 Å². The number of esters is 1. The number of aliphatic hydroxyl groups excluding tert-OH is 1. The minimum Gasteiger partial charge on any atom is -0.459 e. The number of carbonyl (C=O) groups excluding carboxylic acids is 1. The van der Waals surface area contributed by atoms with Crippen molar-refractivity contribution in [3.63, 3.8) is 0 Å². The summed E-state index contributed by atoms with van der Waals surface area (Å²) in [6.07, 6.45) is -0.890. The van der Waals surface area contributed by atoms with E-state index in [1.807, 2.05) is 13.8 Å². The predicted molar refractivity (Wildman–Crippen MR) is 146 cm³/mol. The van der Waals surface area contributed by atoms with Gasteiger partial charge in [0.25, 0.3) is 0 Å². The Kier molecular flexibility index (Phi) is 12.1. The first-order valence-electron chi connectivity index (χ1n) is 14.3. The first-order valence-corrected chi connectivity index (χ1v) is 14.3. The molecular formula is C28H53N3O7. The lowest BCUT2D eigenvalue weighted by molar-refractivity contribution is -0.245. The Morgan fingerprint density at radius 3 is 2.32 bits per heavy atom. The molecule has 10 heteroatoms. The average Bonchev–Trinajstić information content (AvgIpc) is 2.86. The molecule has 222 valence electrons. The topological polar surface area (TPSA) is 130 Å². The van der Waals surface area contributed by atoms with Gasteiger partial charge < -0.3 is 34.6 Å². The number of ether oxygens (including phenoxy) is 3. The van der Waals surface area contributed by atoms with Crippen molar-refractivity contribution < 1.29 is 29.2 Å². The normalized spacial score (nSPS) is 46.3. The predicted octanol–water partition coefficient (Wildman–Crippen LogP) is 2.93. The number of cyclic esters (lactones) is 1. The van der Waals surface area contributed by atoms with E-state index in [1.165, 1.54) is 6.92 Å². The second kappa shape index (κ2) is 13.9. The van der Waals surface area contributed by atoms with Crippen LogP contribution in [0.15, 0.2) is 5.18 Å². The fourth-order valence-corrected chi connectivity index (χ4v) is 6.02. The van der Waals surface area contributed by atoms with E-state index in [-0.39, 0.29) is 17.9 Å². The molecule has 0 aliphatic carbocycles. The molecule has 2 heterocycles. The summed E-state index contributed by atoms with van der Waals surface area (Å²) < 4.78 is 18.5. The molecule has 0 aromatic rings. The fraction of sp³-hybridized carbons (Fsp3) is 0.964. The van der Waals surface area contributed by atoms with Gasteiger partial charge in [0.1, 0.15) is 17.7 Å². The monoisotopic (exact) mass is 543 g/mol. The minimum absolute atomic E-state index is 0.0318. The van der Waals surface area contributed by atoms with Gasteiger partial charge in [-0.3, -0.25) is 4.79 Å². The molecular weight excluding hydrogens is 490 g/mol. The molecule has 8 unspecified atom stereocenters. The number of hydrogen-bond acceptors (Lipinski definition) is 10. The molecule has 13 atom stereocenters. The van der Waals surface area contributed by atoms with Crippen molar-refractivity contribution in [2.75, 3.05) is 20.6 Å². The van der Waals surface area contributed by atoms with Crippen LogP contribution in [0.25, 0.3) is 0 Å². The highest BCUT2D eigenvalue weighted by Gasteiger charge is 2.47. The van der Waals surface area contributed by atoms with Gasteiger partial charge >= 0.3 is 5.97 Å². The molecule has 2 rings (SSSR count).